The lowest BCUT2D eigenvalue weighted by molar-refractivity contribution is -0.143. The van der Waals surface area contributed by atoms with Crippen molar-refractivity contribution >= 4 is 40.1 Å². The average molecular weight is 424 g/mol. The summed E-state index contributed by atoms with van der Waals surface area (Å²) < 4.78 is 6.97. The van der Waals surface area contributed by atoms with Crippen molar-refractivity contribution in [1.82, 2.24) is 9.55 Å². The Hall–Kier alpha value is -3.17. The van der Waals surface area contributed by atoms with Crippen molar-refractivity contribution in [3.05, 3.63) is 64.3 Å². The van der Waals surface area contributed by atoms with Crippen molar-refractivity contribution in [1.29, 1.82) is 0 Å². The molecule has 30 heavy (non-hydrogen) atoms. The number of hydrogen-bond acceptors (Lipinski definition) is 4. The van der Waals surface area contributed by atoms with E-state index < -0.39 is 0 Å². The van der Waals surface area contributed by atoms with Gasteiger partial charge in [0.15, 0.2) is 11.5 Å². The van der Waals surface area contributed by atoms with Gasteiger partial charge in [0.2, 0.25) is 0 Å². The summed E-state index contributed by atoms with van der Waals surface area (Å²) in [7, 11) is 0. The molecule has 0 aliphatic heterocycles. The highest BCUT2D eigenvalue weighted by atomic mass is 35.5. The second-order valence-electron chi connectivity index (χ2n) is 6.89. The third kappa shape index (κ3) is 4.07. The van der Waals surface area contributed by atoms with Crippen LogP contribution in [-0.4, -0.2) is 33.8 Å². The number of ether oxygens (including phenoxy) is 1. The number of benzene rings is 1. The average Bonchev–Trinajstić information content (AvgIpc) is 3.02. The van der Waals surface area contributed by atoms with Gasteiger partial charge in [0.1, 0.15) is 0 Å². The van der Waals surface area contributed by atoms with Crippen LogP contribution in [0.4, 0.5) is 5.69 Å². The van der Waals surface area contributed by atoms with E-state index in [1.807, 2.05) is 36.6 Å². The Morgan fingerprint density at radius 1 is 1.23 bits per heavy atom. The lowest BCUT2D eigenvalue weighted by atomic mass is 10.1. The maximum atomic E-state index is 12.6. The standard InChI is InChI=1S/C23H22ClN3O3/c1-5-30-21(29)11-6-16-12-19-23(26-14(16)2)22(20(28)13-24)15(3)27(19)18-9-7-17(25-4)8-10-18/h7-10,12H,5-6,11,13H2,1-3H3. The van der Waals surface area contributed by atoms with E-state index in [9.17, 15) is 9.59 Å². The summed E-state index contributed by atoms with van der Waals surface area (Å²) in [5, 5.41) is 0. The zero-order valence-corrected chi connectivity index (χ0v) is 17.9. The van der Waals surface area contributed by atoms with Gasteiger partial charge in [-0.1, -0.05) is 12.1 Å². The highest BCUT2D eigenvalue weighted by Crippen LogP contribution is 2.31. The predicted octanol–water partition coefficient (Wildman–Crippen LogP) is 5.11. The topological polar surface area (TPSA) is 65.5 Å². The number of halogens is 1. The number of carbonyl (C=O) groups excluding carboxylic acids is 2. The second-order valence-corrected chi connectivity index (χ2v) is 7.15. The molecule has 0 unspecified atom stereocenters. The molecular weight excluding hydrogens is 402 g/mol. The Bertz CT molecular complexity index is 1160. The van der Waals surface area contributed by atoms with Crippen molar-refractivity contribution < 1.29 is 14.3 Å². The smallest absolute Gasteiger partial charge is 0.306 e. The van der Waals surface area contributed by atoms with E-state index >= 15 is 0 Å². The molecule has 0 saturated heterocycles. The van der Waals surface area contributed by atoms with Gasteiger partial charge < -0.3 is 9.30 Å². The fraction of sp³-hybridized carbons (Fsp3) is 0.304. The summed E-state index contributed by atoms with van der Waals surface area (Å²) >= 11 is 5.87. The van der Waals surface area contributed by atoms with Gasteiger partial charge in [-0.25, -0.2) is 4.85 Å². The van der Waals surface area contributed by atoms with Crippen molar-refractivity contribution in [2.75, 3.05) is 12.5 Å². The molecule has 0 saturated carbocycles. The fourth-order valence-electron chi connectivity index (χ4n) is 3.59. The quantitative estimate of drug-likeness (QED) is 0.229. The number of hydrogen-bond donors (Lipinski definition) is 0. The number of aryl methyl sites for hydroxylation is 2. The van der Waals surface area contributed by atoms with E-state index in [1.54, 1.807) is 19.1 Å². The first-order valence-corrected chi connectivity index (χ1v) is 10.2. The minimum Gasteiger partial charge on any atom is -0.466 e. The van der Waals surface area contributed by atoms with Gasteiger partial charge in [0.25, 0.3) is 0 Å². The number of alkyl halides is 1. The first-order chi connectivity index (χ1) is 14.4. The molecule has 154 valence electrons. The summed E-state index contributed by atoms with van der Waals surface area (Å²) in [6.07, 6.45) is 0.752. The first-order valence-electron chi connectivity index (χ1n) is 9.65. The first kappa shape index (κ1) is 21.5. The second kappa shape index (κ2) is 9.10. The maximum absolute atomic E-state index is 12.6. The van der Waals surface area contributed by atoms with Gasteiger partial charge in [-0.05, 0) is 51.0 Å². The molecule has 0 bridgehead atoms. The maximum Gasteiger partial charge on any atom is 0.306 e. The highest BCUT2D eigenvalue weighted by molar-refractivity contribution is 6.32. The number of Topliss-reactive ketones (excluding diaryl/α,β-unsaturated/α-hetero) is 1. The largest absolute Gasteiger partial charge is 0.466 e. The molecule has 0 fully saturated rings. The van der Waals surface area contributed by atoms with Crippen LogP contribution in [0, 0.1) is 20.4 Å². The summed E-state index contributed by atoms with van der Waals surface area (Å²) in [5.74, 6) is -0.583. The van der Waals surface area contributed by atoms with Crippen LogP contribution >= 0.6 is 11.6 Å². The van der Waals surface area contributed by atoms with Crippen LogP contribution < -0.4 is 0 Å². The molecule has 0 spiro atoms. The van der Waals surface area contributed by atoms with Gasteiger partial charge in [0, 0.05) is 23.5 Å². The minimum absolute atomic E-state index is 0.137. The minimum atomic E-state index is -0.253. The van der Waals surface area contributed by atoms with Crippen molar-refractivity contribution in [3.8, 4) is 5.69 Å². The molecule has 0 amide bonds. The van der Waals surface area contributed by atoms with E-state index in [2.05, 4.69) is 4.85 Å². The van der Waals surface area contributed by atoms with E-state index in [0.29, 0.717) is 29.8 Å². The van der Waals surface area contributed by atoms with E-state index in [4.69, 9.17) is 27.9 Å². The van der Waals surface area contributed by atoms with Crippen molar-refractivity contribution in [3.63, 3.8) is 0 Å². The monoisotopic (exact) mass is 423 g/mol. The predicted molar refractivity (Wildman–Crippen MR) is 117 cm³/mol. The van der Waals surface area contributed by atoms with Gasteiger partial charge in [-0.3, -0.25) is 14.6 Å². The summed E-state index contributed by atoms with van der Waals surface area (Å²) in [4.78, 5) is 32.5. The normalized spacial score (nSPS) is 10.8. The number of rotatable bonds is 7. The highest BCUT2D eigenvalue weighted by Gasteiger charge is 2.23. The number of aromatic nitrogens is 2. The van der Waals surface area contributed by atoms with Crippen LogP contribution in [0.2, 0.25) is 0 Å². The number of esters is 1. The fourth-order valence-corrected chi connectivity index (χ4v) is 3.72. The van der Waals surface area contributed by atoms with Crippen LogP contribution in [0.1, 0.15) is 40.7 Å². The van der Waals surface area contributed by atoms with E-state index in [0.717, 1.165) is 28.2 Å². The van der Waals surface area contributed by atoms with Gasteiger partial charge in [0.05, 0.1) is 35.7 Å². The van der Waals surface area contributed by atoms with Crippen LogP contribution in [0.25, 0.3) is 21.6 Å². The molecule has 0 atom stereocenters. The van der Waals surface area contributed by atoms with Crippen LogP contribution in [-0.2, 0) is 16.0 Å². The number of carbonyl (C=O) groups is 2. The zero-order valence-electron chi connectivity index (χ0n) is 17.2. The van der Waals surface area contributed by atoms with Crippen LogP contribution in [0.15, 0.2) is 30.3 Å². The van der Waals surface area contributed by atoms with Gasteiger partial charge >= 0.3 is 5.97 Å². The lowest BCUT2D eigenvalue weighted by Crippen LogP contribution is -2.06. The zero-order chi connectivity index (χ0) is 21.8. The van der Waals surface area contributed by atoms with Crippen LogP contribution in [0.5, 0.6) is 0 Å². The Kier molecular flexibility index (Phi) is 6.53. The molecule has 3 rings (SSSR count). The number of fused-ring (bicyclic) bond motifs is 1. The van der Waals surface area contributed by atoms with Crippen molar-refractivity contribution in [2.24, 2.45) is 0 Å². The molecule has 7 heteroatoms. The summed E-state index contributed by atoms with van der Waals surface area (Å²) in [6.45, 7) is 13.0. The molecule has 6 nitrogen and oxygen atoms in total. The SMILES string of the molecule is [C-]#[N+]c1ccc(-n2c(C)c(C(=O)CCl)c3nc(C)c(CCC(=O)OCC)cc32)cc1. The molecule has 2 aromatic heterocycles. The molecule has 3 aromatic rings. The van der Waals surface area contributed by atoms with Gasteiger partial charge in [-0.15, -0.1) is 11.6 Å². The third-order valence-electron chi connectivity index (χ3n) is 5.01. The molecule has 1 aromatic carbocycles. The number of ketones is 1. The molecule has 0 aliphatic carbocycles. The molecular formula is C23H22ClN3O3. The van der Waals surface area contributed by atoms with E-state index in [1.165, 1.54) is 0 Å². The summed E-state index contributed by atoms with van der Waals surface area (Å²) in [5.41, 5.74) is 5.61. The van der Waals surface area contributed by atoms with E-state index in [-0.39, 0.29) is 24.1 Å². The Balaban J connectivity index is 2.19. The Morgan fingerprint density at radius 2 is 1.93 bits per heavy atom. The number of nitrogens with zero attached hydrogens (tertiary/aromatic N) is 3. The molecule has 0 radical (unpaired) electrons. The molecule has 2 heterocycles. The molecule has 0 aliphatic rings. The Labute approximate surface area is 180 Å². The van der Waals surface area contributed by atoms with Crippen molar-refractivity contribution in [2.45, 2.75) is 33.6 Å². The number of pyridine rings is 1. The third-order valence-corrected chi connectivity index (χ3v) is 5.26. The molecule has 0 N–H and O–H groups in total. The summed E-state index contributed by atoms with van der Waals surface area (Å²) in [6, 6.07) is 9.12. The van der Waals surface area contributed by atoms with Crippen LogP contribution in [0.3, 0.4) is 0 Å². The Morgan fingerprint density at radius 3 is 2.53 bits per heavy atom. The van der Waals surface area contributed by atoms with Gasteiger partial charge in [-0.2, -0.15) is 0 Å². The lowest BCUT2D eigenvalue weighted by Gasteiger charge is -2.11.